The summed E-state index contributed by atoms with van der Waals surface area (Å²) in [5.41, 5.74) is 2.04. The molecule has 1 saturated carbocycles. The highest BCUT2D eigenvalue weighted by atomic mass is 32.2. The minimum absolute atomic E-state index is 0.00120. The molecule has 0 unspecified atom stereocenters. The van der Waals surface area contributed by atoms with Crippen LogP contribution in [-0.2, 0) is 10.0 Å². The van der Waals surface area contributed by atoms with Gasteiger partial charge in [0.2, 0.25) is 10.0 Å². The Labute approximate surface area is 130 Å². The number of benzene rings is 1. The Kier molecular flexibility index (Phi) is 4.13. The van der Waals surface area contributed by atoms with Crippen molar-refractivity contribution >= 4 is 10.0 Å². The van der Waals surface area contributed by atoms with Crippen LogP contribution in [0.3, 0.4) is 0 Å². The summed E-state index contributed by atoms with van der Waals surface area (Å²) in [6.07, 6.45) is 6.93. The topological polar surface area (TPSA) is 64.0 Å². The second-order valence-corrected chi connectivity index (χ2v) is 7.30. The summed E-state index contributed by atoms with van der Waals surface area (Å²) in [6.45, 7) is 3.95. The van der Waals surface area contributed by atoms with Crippen LogP contribution in [0.25, 0.3) is 5.69 Å². The van der Waals surface area contributed by atoms with Crippen molar-refractivity contribution in [2.24, 2.45) is 0 Å². The third kappa shape index (κ3) is 3.28. The standard InChI is InChI=1S/C16H19N3O2S/c1-13-3-5-14(6-4-13)18-22(20,21)16-9-7-15(8-10-16)19-12-2-11-17-19/h2,7-12,14,18H,1,3-6H2. The van der Waals surface area contributed by atoms with E-state index in [9.17, 15) is 8.42 Å². The van der Waals surface area contributed by atoms with Crippen molar-refractivity contribution in [2.45, 2.75) is 36.6 Å². The SMILES string of the molecule is C=C1CCC(NS(=O)(=O)c2ccc(-n3cccn3)cc2)CC1. The molecule has 3 rings (SSSR count). The van der Waals surface area contributed by atoms with Crippen LogP contribution < -0.4 is 4.72 Å². The molecule has 0 aliphatic heterocycles. The molecule has 0 amide bonds. The lowest BCUT2D eigenvalue weighted by Crippen LogP contribution is -2.36. The normalized spacial score (nSPS) is 16.8. The van der Waals surface area contributed by atoms with Crippen LogP contribution in [0.2, 0.25) is 0 Å². The molecular weight excluding hydrogens is 298 g/mol. The number of nitrogens with zero attached hydrogens (tertiary/aromatic N) is 2. The number of sulfonamides is 1. The van der Waals surface area contributed by atoms with Gasteiger partial charge in [-0.2, -0.15) is 5.10 Å². The van der Waals surface area contributed by atoms with Crippen molar-refractivity contribution in [3.05, 3.63) is 54.9 Å². The Hall–Kier alpha value is -1.92. The maximum absolute atomic E-state index is 12.4. The summed E-state index contributed by atoms with van der Waals surface area (Å²) in [6, 6.07) is 8.56. The summed E-state index contributed by atoms with van der Waals surface area (Å²) < 4.78 is 29.3. The highest BCUT2D eigenvalue weighted by molar-refractivity contribution is 7.89. The molecule has 1 aliphatic carbocycles. The van der Waals surface area contributed by atoms with E-state index in [-0.39, 0.29) is 10.9 Å². The van der Waals surface area contributed by atoms with Crippen LogP contribution in [0.5, 0.6) is 0 Å². The Morgan fingerprint density at radius 3 is 2.45 bits per heavy atom. The predicted molar refractivity (Wildman–Crippen MR) is 85.3 cm³/mol. The molecule has 0 saturated heterocycles. The average Bonchev–Trinajstić information content (AvgIpc) is 3.04. The lowest BCUT2D eigenvalue weighted by Gasteiger charge is -2.24. The molecule has 0 radical (unpaired) electrons. The molecule has 5 nitrogen and oxygen atoms in total. The van der Waals surface area contributed by atoms with Crippen LogP contribution in [0, 0.1) is 0 Å². The van der Waals surface area contributed by atoms with E-state index >= 15 is 0 Å². The lowest BCUT2D eigenvalue weighted by molar-refractivity contribution is 0.466. The minimum atomic E-state index is -3.47. The number of hydrogen-bond acceptors (Lipinski definition) is 3. The molecule has 6 heteroatoms. The van der Waals surface area contributed by atoms with Gasteiger partial charge < -0.3 is 0 Å². The van der Waals surface area contributed by atoms with E-state index in [0.29, 0.717) is 0 Å². The fourth-order valence-electron chi connectivity index (χ4n) is 2.63. The van der Waals surface area contributed by atoms with Gasteiger partial charge in [-0.25, -0.2) is 17.8 Å². The van der Waals surface area contributed by atoms with E-state index in [1.807, 2.05) is 12.3 Å². The summed E-state index contributed by atoms with van der Waals surface area (Å²) in [7, 11) is -3.47. The summed E-state index contributed by atoms with van der Waals surface area (Å²) >= 11 is 0. The van der Waals surface area contributed by atoms with E-state index in [1.54, 1.807) is 35.1 Å². The highest BCUT2D eigenvalue weighted by Gasteiger charge is 2.22. The fourth-order valence-corrected chi connectivity index (χ4v) is 3.94. The first-order valence-corrected chi connectivity index (χ1v) is 8.82. The van der Waals surface area contributed by atoms with Gasteiger partial charge in [0.1, 0.15) is 0 Å². The van der Waals surface area contributed by atoms with Gasteiger partial charge in [-0.05, 0) is 56.0 Å². The van der Waals surface area contributed by atoms with Gasteiger partial charge in [-0.1, -0.05) is 12.2 Å². The number of hydrogen-bond donors (Lipinski definition) is 1. The third-order valence-electron chi connectivity index (χ3n) is 3.93. The first-order valence-electron chi connectivity index (χ1n) is 7.34. The van der Waals surface area contributed by atoms with Crippen molar-refractivity contribution in [3.8, 4) is 5.69 Å². The van der Waals surface area contributed by atoms with E-state index in [0.717, 1.165) is 31.4 Å². The van der Waals surface area contributed by atoms with Crippen molar-refractivity contribution in [3.63, 3.8) is 0 Å². The molecule has 0 bridgehead atoms. The van der Waals surface area contributed by atoms with Gasteiger partial charge in [0.25, 0.3) is 0 Å². The Morgan fingerprint density at radius 1 is 1.18 bits per heavy atom. The van der Waals surface area contributed by atoms with Crippen molar-refractivity contribution in [1.29, 1.82) is 0 Å². The Bertz CT molecular complexity index is 739. The third-order valence-corrected chi connectivity index (χ3v) is 5.47. The molecule has 2 aromatic rings. The van der Waals surface area contributed by atoms with Crippen LogP contribution in [0.1, 0.15) is 25.7 Å². The zero-order chi connectivity index (χ0) is 15.6. The van der Waals surface area contributed by atoms with Gasteiger partial charge in [0.05, 0.1) is 10.6 Å². The smallest absolute Gasteiger partial charge is 0.240 e. The Morgan fingerprint density at radius 2 is 1.86 bits per heavy atom. The fraction of sp³-hybridized carbons (Fsp3) is 0.312. The molecule has 0 spiro atoms. The van der Waals surface area contributed by atoms with Crippen molar-refractivity contribution in [2.75, 3.05) is 0 Å². The van der Waals surface area contributed by atoms with E-state index in [4.69, 9.17) is 0 Å². The zero-order valence-corrected chi connectivity index (χ0v) is 13.1. The monoisotopic (exact) mass is 317 g/mol. The molecule has 1 N–H and O–H groups in total. The number of allylic oxidation sites excluding steroid dienone is 1. The quantitative estimate of drug-likeness (QED) is 0.882. The molecule has 1 heterocycles. The number of rotatable bonds is 4. The van der Waals surface area contributed by atoms with E-state index < -0.39 is 10.0 Å². The maximum Gasteiger partial charge on any atom is 0.240 e. The van der Waals surface area contributed by atoms with Crippen molar-refractivity contribution < 1.29 is 8.42 Å². The second-order valence-electron chi connectivity index (χ2n) is 5.59. The molecule has 116 valence electrons. The number of nitrogens with one attached hydrogen (secondary N) is 1. The molecule has 1 fully saturated rings. The van der Waals surface area contributed by atoms with Crippen LogP contribution >= 0.6 is 0 Å². The molecule has 0 atom stereocenters. The summed E-state index contributed by atoms with van der Waals surface area (Å²) in [5, 5.41) is 4.12. The van der Waals surface area contributed by atoms with E-state index in [2.05, 4.69) is 16.4 Å². The number of aromatic nitrogens is 2. The molecule has 1 aromatic heterocycles. The maximum atomic E-state index is 12.4. The van der Waals surface area contributed by atoms with Gasteiger partial charge in [0.15, 0.2) is 0 Å². The van der Waals surface area contributed by atoms with Gasteiger partial charge in [-0.3, -0.25) is 0 Å². The Balaban J connectivity index is 1.73. The molecule has 22 heavy (non-hydrogen) atoms. The first-order chi connectivity index (χ1) is 10.5. The van der Waals surface area contributed by atoms with Gasteiger partial charge >= 0.3 is 0 Å². The van der Waals surface area contributed by atoms with Crippen molar-refractivity contribution in [1.82, 2.24) is 14.5 Å². The first kappa shape index (κ1) is 15.0. The largest absolute Gasteiger partial charge is 0.241 e. The van der Waals surface area contributed by atoms with Gasteiger partial charge in [0, 0.05) is 18.4 Å². The summed E-state index contributed by atoms with van der Waals surface area (Å²) in [5.74, 6) is 0. The lowest BCUT2D eigenvalue weighted by atomic mass is 9.93. The van der Waals surface area contributed by atoms with Crippen LogP contribution in [0.15, 0.2) is 59.8 Å². The summed E-state index contributed by atoms with van der Waals surface area (Å²) in [4.78, 5) is 0.285. The molecule has 1 aliphatic rings. The zero-order valence-electron chi connectivity index (χ0n) is 12.3. The minimum Gasteiger partial charge on any atom is -0.241 e. The van der Waals surface area contributed by atoms with Crippen LogP contribution in [-0.4, -0.2) is 24.2 Å². The van der Waals surface area contributed by atoms with Crippen LogP contribution in [0.4, 0.5) is 0 Å². The second kappa shape index (κ2) is 6.06. The van der Waals surface area contributed by atoms with Gasteiger partial charge in [-0.15, -0.1) is 0 Å². The molecular formula is C16H19N3O2S. The highest BCUT2D eigenvalue weighted by Crippen LogP contribution is 2.23. The predicted octanol–water partition coefficient (Wildman–Crippen LogP) is 2.65. The average molecular weight is 317 g/mol. The van der Waals surface area contributed by atoms with E-state index in [1.165, 1.54) is 5.57 Å². The molecule has 1 aromatic carbocycles.